The summed E-state index contributed by atoms with van der Waals surface area (Å²) in [5.41, 5.74) is 0.643. The average Bonchev–Trinajstić information content (AvgIpc) is 2.84. The van der Waals surface area contributed by atoms with Crippen molar-refractivity contribution in [1.82, 2.24) is 9.80 Å². The first-order valence-corrected chi connectivity index (χ1v) is 8.29. The summed E-state index contributed by atoms with van der Waals surface area (Å²) in [6.07, 6.45) is 4.68. The number of carbonyl (C=O) groups excluding carboxylic acids is 1. The van der Waals surface area contributed by atoms with Gasteiger partial charge < -0.3 is 14.7 Å². The van der Waals surface area contributed by atoms with Crippen LogP contribution in [0, 0.1) is 5.82 Å². The van der Waals surface area contributed by atoms with E-state index in [0.29, 0.717) is 31.9 Å². The molecule has 2 fully saturated rings. The van der Waals surface area contributed by atoms with Crippen LogP contribution in [0.2, 0.25) is 0 Å². The standard InChI is InChI=1S/C17H24FN3O/c18-15-7-3-4-8-16(15)19-11-13-21(14-12-19)17(22)20-9-5-1-2-6-10-20/h3-4,7-8H,1-2,5-6,9-14H2. The van der Waals surface area contributed by atoms with Crippen LogP contribution >= 0.6 is 0 Å². The fraction of sp³-hybridized carbons (Fsp3) is 0.588. The van der Waals surface area contributed by atoms with Gasteiger partial charge in [-0.2, -0.15) is 0 Å². The molecule has 0 spiro atoms. The summed E-state index contributed by atoms with van der Waals surface area (Å²) in [5, 5.41) is 0. The lowest BCUT2D eigenvalue weighted by Crippen LogP contribution is -2.53. The predicted octanol–water partition coefficient (Wildman–Crippen LogP) is 2.94. The minimum Gasteiger partial charge on any atom is -0.366 e. The number of benzene rings is 1. The first-order valence-electron chi connectivity index (χ1n) is 8.29. The minimum absolute atomic E-state index is 0.162. The maximum absolute atomic E-state index is 13.8. The molecule has 2 amide bonds. The Balaban J connectivity index is 1.57. The van der Waals surface area contributed by atoms with Gasteiger partial charge in [0.05, 0.1) is 5.69 Å². The third-order valence-corrected chi connectivity index (χ3v) is 4.62. The van der Waals surface area contributed by atoms with E-state index in [-0.39, 0.29) is 11.8 Å². The molecule has 0 atom stereocenters. The van der Waals surface area contributed by atoms with Gasteiger partial charge in [0.2, 0.25) is 0 Å². The highest BCUT2D eigenvalue weighted by Gasteiger charge is 2.26. The van der Waals surface area contributed by atoms with Crippen LogP contribution in [0.5, 0.6) is 0 Å². The molecule has 0 unspecified atom stereocenters. The fourth-order valence-corrected chi connectivity index (χ4v) is 3.31. The summed E-state index contributed by atoms with van der Waals surface area (Å²) in [5.74, 6) is -0.185. The molecule has 0 saturated carbocycles. The van der Waals surface area contributed by atoms with Crippen molar-refractivity contribution < 1.29 is 9.18 Å². The minimum atomic E-state index is -0.185. The van der Waals surface area contributed by atoms with E-state index in [2.05, 4.69) is 0 Å². The van der Waals surface area contributed by atoms with E-state index in [4.69, 9.17) is 0 Å². The van der Waals surface area contributed by atoms with Crippen LogP contribution < -0.4 is 4.90 Å². The van der Waals surface area contributed by atoms with Crippen molar-refractivity contribution in [2.75, 3.05) is 44.2 Å². The second-order valence-electron chi connectivity index (χ2n) is 6.11. The van der Waals surface area contributed by atoms with Crippen LogP contribution in [0.1, 0.15) is 25.7 Å². The molecule has 1 aromatic rings. The molecular formula is C17H24FN3O. The molecule has 2 aliphatic heterocycles. The number of rotatable bonds is 1. The molecule has 22 heavy (non-hydrogen) atoms. The van der Waals surface area contributed by atoms with E-state index in [1.807, 2.05) is 26.8 Å². The molecule has 1 aromatic carbocycles. The lowest BCUT2D eigenvalue weighted by atomic mass is 10.2. The normalized spacial score (nSPS) is 20.0. The summed E-state index contributed by atoms with van der Waals surface area (Å²) < 4.78 is 13.8. The third-order valence-electron chi connectivity index (χ3n) is 4.62. The fourth-order valence-electron chi connectivity index (χ4n) is 3.31. The number of hydrogen-bond donors (Lipinski definition) is 0. The lowest BCUT2D eigenvalue weighted by Gasteiger charge is -2.38. The zero-order valence-electron chi connectivity index (χ0n) is 13.0. The maximum Gasteiger partial charge on any atom is 0.320 e. The van der Waals surface area contributed by atoms with Gasteiger partial charge in [-0.15, -0.1) is 0 Å². The summed E-state index contributed by atoms with van der Waals surface area (Å²) in [6, 6.07) is 7.02. The largest absolute Gasteiger partial charge is 0.366 e. The lowest BCUT2D eigenvalue weighted by molar-refractivity contribution is 0.151. The first kappa shape index (κ1) is 15.1. The first-order chi connectivity index (χ1) is 10.8. The van der Waals surface area contributed by atoms with Gasteiger partial charge in [0.1, 0.15) is 5.82 Å². The highest BCUT2D eigenvalue weighted by atomic mass is 19.1. The third kappa shape index (κ3) is 3.34. The Morgan fingerprint density at radius 2 is 1.41 bits per heavy atom. The maximum atomic E-state index is 13.8. The zero-order valence-corrected chi connectivity index (χ0v) is 13.0. The van der Waals surface area contributed by atoms with Crippen molar-refractivity contribution in [2.45, 2.75) is 25.7 Å². The molecular weight excluding hydrogens is 281 g/mol. The number of likely N-dealkylation sites (tertiary alicyclic amines) is 1. The van der Waals surface area contributed by atoms with Crippen LogP contribution in [0.15, 0.2) is 24.3 Å². The van der Waals surface area contributed by atoms with Crippen molar-refractivity contribution >= 4 is 11.7 Å². The van der Waals surface area contributed by atoms with Gasteiger partial charge in [-0.25, -0.2) is 9.18 Å². The van der Waals surface area contributed by atoms with Crippen molar-refractivity contribution in [2.24, 2.45) is 0 Å². The number of nitrogens with zero attached hydrogens (tertiary/aromatic N) is 3. The molecule has 120 valence electrons. The Labute approximate surface area is 131 Å². The Morgan fingerprint density at radius 3 is 2.05 bits per heavy atom. The molecule has 0 radical (unpaired) electrons. The summed E-state index contributed by atoms with van der Waals surface area (Å²) >= 11 is 0. The van der Waals surface area contributed by atoms with Crippen LogP contribution in [0.3, 0.4) is 0 Å². The molecule has 0 bridgehead atoms. The number of anilines is 1. The van der Waals surface area contributed by atoms with Gasteiger partial charge in [0.15, 0.2) is 0 Å². The number of halogens is 1. The quantitative estimate of drug-likeness (QED) is 0.797. The van der Waals surface area contributed by atoms with E-state index in [0.717, 1.165) is 25.9 Å². The highest BCUT2D eigenvalue weighted by Crippen LogP contribution is 2.21. The number of hydrogen-bond acceptors (Lipinski definition) is 2. The van der Waals surface area contributed by atoms with Crippen molar-refractivity contribution in [3.8, 4) is 0 Å². The van der Waals surface area contributed by atoms with Gasteiger partial charge in [-0.05, 0) is 25.0 Å². The summed E-state index contributed by atoms with van der Waals surface area (Å²) in [6.45, 7) is 4.49. The Morgan fingerprint density at radius 1 is 0.818 bits per heavy atom. The topological polar surface area (TPSA) is 26.8 Å². The molecule has 0 aromatic heterocycles. The van der Waals surface area contributed by atoms with Crippen molar-refractivity contribution in [3.63, 3.8) is 0 Å². The second-order valence-corrected chi connectivity index (χ2v) is 6.11. The molecule has 3 rings (SSSR count). The van der Waals surface area contributed by atoms with Crippen molar-refractivity contribution in [1.29, 1.82) is 0 Å². The SMILES string of the molecule is O=C(N1CCCCCC1)N1CCN(c2ccccc2F)CC1. The van der Waals surface area contributed by atoms with Crippen LogP contribution in [-0.4, -0.2) is 55.1 Å². The number of carbonyl (C=O) groups is 1. The van der Waals surface area contributed by atoms with E-state index in [9.17, 15) is 9.18 Å². The molecule has 2 saturated heterocycles. The predicted molar refractivity (Wildman–Crippen MR) is 85.6 cm³/mol. The molecule has 0 N–H and O–H groups in total. The second kappa shape index (κ2) is 6.99. The monoisotopic (exact) mass is 305 g/mol. The Kier molecular flexibility index (Phi) is 4.80. The van der Waals surface area contributed by atoms with Crippen molar-refractivity contribution in [3.05, 3.63) is 30.1 Å². The van der Waals surface area contributed by atoms with Gasteiger partial charge in [-0.1, -0.05) is 25.0 Å². The van der Waals surface area contributed by atoms with Crippen LogP contribution in [0.4, 0.5) is 14.9 Å². The van der Waals surface area contributed by atoms with Gasteiger partial charge in [0, 0.05) is 39.3 Å². The summed E-state index contributed by atoms with van der Waals surface area (Å²) in [7, 11) is 0. The van der Waals surface area contributed by atoms with E-state index >= 15 is 0 Å². The van der Waals surface area contributed by atoms with E-state index in [1.54, 1.807) is 6.07 Å². The molecule has 5 heteroatoms. The zero-order chi connectivity index (χ0) is 15.4. The summed E-state index contributed by atoms with van der Waals surface area (Å²) in [4.78, 5) is 18.5. The number of amides is 2. The van der Waals surface area contributed by atoms with E-state index < -0.39 is 0 Å². The molecule has 0 aliphatic carbocycles. The number of urea groups is 1. The van der Waals surface area contributed by atoms with Crippen LogP contribution in [-0.2, 0) is 0 Å². The Bertz CT molecular complexity index is 506. The van der Waals surface area contributed by atoms with Gasteiger partial charge in [0.25, 0.3) is 0 Å². The smallest absolute Gasteiger partial charge is 0.320 e. The number of piperazine rings is 1. The Hall–Kier alpha value is -1.78. The average molecular weight is 305 g/mol. The van der Waals surface area contributed by atoms with Gasteiger partial charge in [-0.3, -0.25) is 0 Å². The van der Waals surface area contributed by atoms with Crippen LogP contribution in [0.25, 0.3) is 0 Å². The van der Waals surface area contributed by atoms with E-state index in [1.165, 1.54) is 18.9 Å². The van der Waals surface area contributed by atoms with Gasteiger partial charge >= 0.3 is 6.03 Å². The molecule has 2 heterocycles. The number of para-hydroxylation sites is 1. The molecule has 2 aliphatic rings. The highest BCUT2D eigenvalue weighted by molar-refractivity contribution is 5.75. The molecule has 4 nitrogen and oxygen atoms in total.